The minimum atomic E-state index is 0.177. The Kier molecular flexibility index (Phi) is 5.67. The van der Waals surface area contributed by atoms with Gasteiger partial charge in [0.2, 0.25) is 0 Å². The average Bonchev–Trinajstić information content (AvgIpc) is 2.35. The highest BCUT2D eigenvalue weighted by Gasteiger charge is 2.21. The Balaban J connectivity index is 2.47. The molecule has 0 saturated carbocycles. The SMILES string of the molecule is CCN(CC)CC(C)(C)COc1ccc(C)cc1. The zero-order chi connectivity index (χ0) is 13.6. The van der Waals surface area contributed by atoms with Crippen molar-refractivity contribution in [2.45, 2.75) is 34.6 Å². The number of nitrogens with zero attached hydrogens (tertiary/aromatic N) is 1. The van der Waals surface area contributed by atoms with Crippen LogP contribution < -0.4 is 4.74 Å². The van der Waals surface area contributed by atoms with E-state index in [4.69, 9.17) is 4.74 Å². The number of aryl methyl sites for hydroxylation is 1. The molecule has 0 atom stereocenters. The lowest BCUT2D eigenvalue weighted by molar-refractivity contribution is 0.121. The summed E-state index contributed by atoms with van der Waals surface area (Å²) in [6.45, 7) is 15.1. The quantitative estimate of drug-likeness (QED) is 0.730. The summed E-state index contributed by atoms with van der Waals surface area (Å²) >= 11 is 0. The second kappa shape index (κ2) is 6.79. The molecule has 1 aromatic rings. The van der Waals surface area contributed by atoms with E-state index in [1.807, 2.05) is 12.1 Å². The second-order valence-electron chi connectivity index (χ2n) is 5.73. The van der Waals surface area contributed by atoms with Crippen LogP contribution in [0.4, 0.5) is 0 Å². The topological polar surface area (TPSA) is 12.5 Å². The highest BCUT2D eigenvalue weighted by Crippen LogP contribution is 2.20. The number of ether oxygens (including phenoxy) is 1. The van der Waals surface area contributed by atoms with Crippen molar-refractivity contribution in [3.63, 3.8) is 0 Å². The van der Waals surface area contributed by atoms with Crippen LogP contribution in [-0.4, -0.2) is 31.1 Å². The lowest BCUT2D eigenvalue weighted by Crippen LogP contribution is -2.37. The molecule has 0 amide bonds. The molecule has 2 heteroatoms. The van der Waals surface area contributed by atoms with Gasteiger partial charge >= 0.3 is 0 Å². The van der Waals surface area contributed by atoms with Crippen molar-refractivity contribution in [3.05, 3.63) is 29.8 Å². The van der Waals surface area contributed by atoms with Crippen LogP contribution in [0.25, 0.3) is 0 Å². The maximum Gasteiger partial charge on any atom is 0.119 e. The fourth-order valence-corrected chi connectivity index (χ4v) is 2.01. The highest BCUT2D eigenvalue weighted by atomic mass is 16.5. The third-order valence-electron chi connectivity index (χ3n) is 3.20. The first-order chi connectivity index (χ1) is 8.46. The molecule has 0 bridgehead atoms. The monoisotopic (exact) mass is 249 g/mol. The van der Waals surface area contributed by atoms with Crippen molar-refractivity contribution in [1.29, 1.82) is 0 Å². The Morgan fingerprint density at radius 1 is 1.06 bits per heavy atom. The van der Waals surface area contributed by atoms with E-state index in [2.05, 4.69) is 51.7 Å². The summed E-state index contributed by atoms with van der Waals surface area (Å²) in [5.74, 6) is 0.966. The zero-order valence-electron chi connectivity index (χ0n) is 12.5. The van der Waals surface area contributed by atoms with Gasteiger partial charge in [-0.2, -0.15) is 0 Å². The van der Waals surface area contributed by atoms with Gasteiger partial charge in [0.1, 0.15) is 5.75 Å². The van der Waals surface area contributed by atoms with E-state index in [1.165, 1.54) is 5.56 Å². The summed E-state index contributed by atoms with van der Waals surface area (Å²) < 4.78 is 5.89. The lowest BCUT2D eigenvalue weighted by Gasteiger charge is -2.31. The number of rotatable bonds is 7. The number of benzene rings is 1. The van der Waals surface area contributed by atoms with Gasteiger partial charge < -0.3 is 9.64 Å². The van der Waals surface area contributed by atoms with Crippen LogP contribution in [0.3, 0.4) is 0 Å². The van der Waals surface area contributed by atoms with Gasteiger partial charge in [-0.05, 0) is 32.1 Å². The van der Waals surface area contributed by atoms with Crippen LogP contribution in [0.2, 0.25) is 0 Å². The summed E-state index contributed by atoms with van der Waals surface area (Å²) in [5, 5.41) is 0. The Morgan fingerprint density at radius 2 is 1.61 bits per heavy atom. The first-order valence-corrected chi connectivity index (χ1v) is 6.88. The lowest BCUT2D eigenvalue weighted by atomic mass is 9.94. The molecule has 1 aromatic carbocycles. The summed E-state index contributed by atoms with van der Waals surface area (Å²) in [4.78, 5) is 2.44. The summed E-state index contributed by atoms with van der Waals surface area (Å²) in [6.07, 6.45) is 0. The van der Waals surface area contributed by atoms with Gasteiger partial charge in [0.05, 0.1) is 6.61 Å². The normalized spacial score (nSPS) is 11.9. The van der Waals surface area contributed by atoms with E-state index < -0.39 is 0 Å². The van der Waals surface area contributed by atoms with E-state index in [0.29, 0.717) is 0 Å². The second-order valence-corrected chi connectivity index (χ2v) is 5.73. The Labute approximate surface area is 112 Å². The molecule has 0 heterocycles. The Bertz CT molecular complexity index is 339. The molecule has 0 aliphatic rings. The van der Waals surface area contributed by atoms with Gasteiger partial charge in [0.25, 0.3) is 0 Å². The molecule has 0 radical (unpaired) electrons. The first kappa shape index (κ1) is 15.0. The van der Waals surface area contributed by atoms with Crippen molar-refractivity contribution in [2.24, 2.45) is 5.41 Å². The van der Waals surface area contributed by atoms with Crippen LogP contribution >= 0.6 is 0 Å². The first-order valence-electron chi connectivity index (χ1n) is 6.88. The number of hydrogen-bond acceptors (Lipinski definition) is 2. The summed E-state index contributed by atoms with van der Waals surface area (Å²) in [5.41, 5.74) is 1.45. The van der Waals surface area contributed by atoms with Crippen molar-refractivity contribution >= 4 is 0 Å². The summed E-state index contributed by atoms with van der Waals surface area (Å²) in [6, 6.07) is 8.27. The molecule has 0 aliphatic carbocycles. The minimum Gasteiger partial charge on any atom is -0.493 e. The standard InChI is InChI=1S/C16H27NO/c1-6-17(7-2)12-16(4,5)13-18-15-10-8-14(3)9-11-15/h8-11H,6-7,12-13H2,1-5H3. The van der Waals surface area contributed by atoms with Crippen molar-refractivity contribution in [1.82, 2.24) is 4.90 Å². The molecule has 2 nitrogen and oxygen atoms in total. The smallest absolute Gasteiger partial charge is 0.119 e. The maximum absolute atomic E-state index is 5.89. The third-order valence-corrected chi connectivity index (χ3v) is 3.20. The van der Waals surface area contributed by atoms with Gasteiger partial charge in [-0.3, -0.25) is 0 Å². The molecule has 0 aromatic heterocycles. The van der Waals surface area contributed by atoms with Gasteiger partial charge in [0.15, 0.2) is 0 Å². The van der Waals surface area contributed by atoms with Crippen LogP contribution in [0, 0.1) is 12.3 Å². The molecule has 1 rings (SSSR count). The largest absolute Gasteiger partial charge is 0.493 e. The fraction of sp³-hybridized carbons (Fsp3) is 0.625. The molecular weight excluding hydrogens is 222 g/mol. The molecule has 0 aliphatic heterocycles. The van der Waals surface area contributed by atoms with Crippen molar-refractivity contribution in [2.75, 3.05) is 26.2 Å². The van der Waals surface area contributed by atoms with Crippen LogP contribution in [-0.2, 0) is 0 Å². The van der Waals surface area contributed by atoms with Gasteiger partial charge in [0, 0.05) is 12.0 Å². The molecule has 0 spiro atoms. The minimum absolute atomic E-state index is 0.177. The Hall–Kier alpha value is -1.02. The Morgan fingerprint density at radius 3 is 2.11 bits per heavy atom. The molecule has 0 N–H and O–H groups in total. The number of hydrogen-bond donors (Lipinski definition) is 0. The van der Waals surface area contributed by atoms with Gasteiger partial charge in [-0.15, -0.1) is 0 Å². The van der Waals surface area contributed by atoms with Crippen LogP contribution in [0.1, 0.15) is 33.3 Å². The fourth-order valence-electron chi connectivity index (χ4n) is 2.01. The predicted octanol–water partition coefficient (Wildman–Crippen LogP) is 3.74. The molecule has 18 heavy (non-hydrogen) atoms. The average molecular weight is 249 g/mol. The van der Waals surface area contributed by atoms with Crippen LogP contribution in [0.5, 0.6) is 5.75 Å². The molecule has 0 saturated heterocycles. The van der Waals surface area contributed by atoms with Gasteiger partial charge in [-0.1, -0.05) is 45.4 Å². The van der Waals surface area contributed by atoms with Crippen LogP contribution in [0.15, 0.2) is 24.3 Å². The van der Waals surface area contributed by atoms with Gasteiger partial charge in [-0.25, -0.2) is 0 Å². The van der Waals surface area contributed by atoms with E-state index in [1.54, 1.807) is 0 Å². The summed E-state index contributed by atoms with van der Waals surface area (Å²) in [7, 11) is 0. The van der Waals surface area contributed by atoms with E-state index in [9.17, 15) is 0 Å². The molecule has 102 valence electrons. The molecule has 0 fully saturated rings. The third kappa shape index (κ3) is 5.09. The zero-order valence-corrected chi connectivity index (χ0v) is 12.5. The van der Waals surface area contributed by atoms with E-state index in [0.717, 1.165) is 32.0 Å². The van der Waals surface area contributed by atoms with Crippen molar-refractivity contribution < 1.29 is 4.74 Å². The maximum atomic E-state index is 5.89. The highest BCUT2D eigenvalue weighted by molar-refractivity contribution is 5.26. The van der Waals surface area contributed by atoms with E-state index >= 15 is 0 Å². The van der Waals surface area contributed by atoms with E-state index in [-0.39, 0.29) is 5.41 Å². The van der Waals surface area contributed by atoms with Crippen molar-refractivity contribution in [3.8, 4) is 5.75 Å². The predicted molar refractivity (Wildman–Crippen MR) is 78.2 cm³/mol. The molecule has 0 unspecified atom stereocenters. The molecular formula is C16H27NO.